The van der Waals surface area contributed by atoms with E-state index in [4.69, 9.17) is 25.8 Å². The maximum atomic E-state index is 11.4. The Morgan fingerprint density at radius 1 is 1.10 bits per heavy atom. The number of rotatable bonds is 7. The third-order valence-corrected chi connectivity index (χ3v) is 2.31. The predicted molar refractivity (Wildman–Crippen MR) is 73.7 cm³/mol. The molecule has 110 valence electrons. The molecule has 0 bridgehead atoms. The van der Waals surface area contributed by atoms with E-state index >= 15 is 0 Å². The molecular formula is C14H17ClO5. The predicted octanol–water partition coefficient (Wildman–Crippen LogP) is 2.46. The van der Waals surface area contributed by atoms with Gasteiger partial charge in [0.25, 0.3) is 0 Å². The topological polar surface area (TPSA) is 61.8 Å². The van der Waals surface area contributed by atoms with Crippen molar-refractivity contribution in [3.63, 3.8) is 0 Å². The van der Waals surface area contributed by atoms with Crippen molar-refractivity contribution >= 4 is 23.5 Å². The van der Waals surface area contributed by atoms with Gasteiger partial charge in [0.05, 0.1) is 6.61 Å². The van der Waals surface area contributed by atoms with Gasteiger partial charge in [0.1, 0.15) is 19.0 Å². The summed E-state index contributed by atoms with van der Waals surface area (Å²) in [6.45, 7) is 3.59. The van der Waals surface area contributed by atoms with Crippen LogP contribution in [0.4, 0.5) is 0 Å². The first kappa shape index (κ1) is 16.5. The molecule has 0 saturated heterocycles. The molecule has 0 atom stereocenters. The summed E-state index contributed by atoms with van der Waals surface area (Å²) >= 11 is 5.70. The highest BCUT2D eigenvalue weighted by Crippen LogP contribution is 2.15. The third-order valence-electron chi connectivity index (χ3n) is 2.06. The monoisotopic (exact) mass is 300 g/mol. The fourth-order valence-electron chi connectivity index (χ4n) is 1.18. The lowest BCUT2D eigenvalue weighted by Crippen LogP contribution is -2.21. The Labute approximate surface area is 122 Å². The maximum Gasteiger partial charge on any atom is 0.337 e. The van der Waals surface area contributed by atoms with Crippen LogP contribution in [0.1, 0.15) is 13.8 Å². The van der Waals surface area contributed by atoms with Gasteiger partial charge in [0.2, 0.25) is 0 Å². The van der Waals surface area contributed by atoms with Gasteiger partial charge in [-0.15, -0.1) is 0 Å². The molecule has 1 aromatic carbocycles. The van der Waals surface area contributed by atoms with E-state index < -0.39 is 11.9 Å². The van der Waals surface area contributed by atoms with Crippen molar-refractivity contribution in [3.8, 4) is 5.75 Å². The van der Waals surface area contributed by atoms with Crippen molar-refractivity contribution in [1.82, 2.24) is 0 Å². The summed E-state index contributed by atoms with van der Waals surface area (Å²) < 4.78 is 14.8. The summed E-state index contributed by atoms with van der Waals surface area (Å²) in [5.74, 6) is -0.471. The van der Waals surface area contributed by atoms with Crippen molar-refractivity contribution in [1.29, 1.82) is 0 Å². The fraction of sp³-hybridized carbons (Fsp3) is 0.429. The van der Waals surface area contributed by atoms with Crippen LogP contribution in [0.15, 0.2) is 24.3 Å². The first-order valence-electron chi connectivity index (χ1n) is 6.17. The van der Waals surface area contributed by atoms with Gasteiger partial charge in [-0.3, -0.25) is 0 Å². The van der Waals surface area contributed by atoms with Crippen molar-refractivity contribution in [2.75, 3.05) is 19.8 Å². The Morgan fingerprint density at radius 3 is 2.30 bits per heavy atom. The Morgan fingerprint density at radius 2 is 1.70 bits per heavy atom. The molecule has 0 aromatic heterocycles. The van der Waals surface area contributed by atoms with Gasteiger partial charge in [-0.1, -0.05) is 25.4 Å². The van der Waals surface area contributed by atoms with Gasteiger partial charge in [-0.25, -0.2) is 9.59 Å². The van der Waals surface area contributed by atoms with Crippen LogP contribution in [-0.2, 0) is 19.1 Å². The standard InChI is InChI=1S/C14H17ClO5/c1-10(2)7-19-13(16)8-18-9-14(17)20-12-5-3-11(15)4-6-12/h3-6,10H,7-9H2,1-2H3. The normalized spacial score (nSPS) is 10.4. The van der Waals surface area contributed by atoms with E-state index in [-0.39, 0.29) is 19.1 Å². The van der Waals surface area contributed by atoms with Crippen LogP contribution in [0.2, 0.25) is 5.02 Å². The zero-order valence-corrected chi connectivity index (χ0v) is 12.2. The zero-order valence-electron chi connectivity index (χ0n) is 11.4. The van der Waals surface area contributed by atoms with Gasteiger partial charge in [-0.2, -0.15) is 0 Å². The molecule has 0 unspecified atom stereocenters. The number of carbonyl (C=O) groups is 2. The lowest BCUT2D eigenvalue weighted by atomic mass is 10.2. The average molecular weight is 301 g/mol. The minimum absolute atomic E-state index is 0.258. The molecule has 0 aliphatic rings. The summed E-state index contributed by atoms with van der Waals surface area (Å²) in [5.41, 5.74) is 0. The molecule has 5 nitrogen and oxygen atoms in total. The first-order chi connectivity index (χ1) is 9.47. The molecule has 0 spiro atoms. The summed E-state index contributed by atoms with van der Waals surface area (Å²) in [6.07, 6.45) is 0. The van der Waals surface area contributed by atoms with Gasteiger partial charge < -0.3 is 14.2 Å². The largest absolute Gasteiger partial charge is 0.464 e. The first-order valence-corrected chi connectivity index (χ1v) is 6.55. The molecule has 0 fully saturated rings. The van der Waals surface area contributed by atoms with Crippen LogP contribution in [0.5, 0.6) is 5.75 Å². The number of esters is 2. The molecule has 0 aliphatic heterocycles. The summed E-state index contributed by atoms with van der Waals surface area (Å²) in [7, 11) is 0. The van der Waals surface area contributed by atoms with Crippen LogP contribution in [-0.4, -0.2) is 31.8 Å². The maximum absolute atomic E-state index is 11.4. The number of ether oxygens (including phenoxy) is 3. The van der Waals surface area contributed by atoms with E-state index in [0.717, 1.165) is 0 Å². The summed E-state index contributed by atoms with van der Waals surface area (Å²) in [6, 6.07) is 6.34. The molecule has 1 aromatic rings. The second-order valence-corrected chi connectivity index (χ2v) is 4.93. The molecular weight excluding hydrogens is 284 g/mol. The Bertz CT molecular complexity index is 441. The number of halogens is 1. The SMILES string of the molecule is CC(C)COC(=O)COCC(=O)Oc1ccc(Cl)cc1. The van der Waals surface area contributed by atoms with E-state index in [1.54, 1.807) is 24.3 Å². The van der Waals surface area contributed by atoms with Crippen molar-refractivity contribution in [3.05, 3.63) is 29.3 Å². The highest BCUT2D eigenvalue weighted by atomic mass is 35.5. The van der Waals surface area contributed by atoms with Crippen LogP contribution in [0.25, 0.3) is 0 Å². The summed E-state index contributed by atoms with van der Waals surface area (Å²) in [5, 5.41) is 0.550. The van der Waals surface area contributed by atoms with E-state index in [9.17, 15) is 9.59 Å². The van der Waals surface area contributed by atoms with E-state index in [0.29, 0.717) is 17.4 Å². The lowest BCUT2D eigenvalue weighted by molar-refractivity contribution is -0.152. The highest BCUT2D eigenvalue weighted by Gasteiger charge is 2.09. The van der Waals surface area contributed by atoms with Crippen LogP contribution >= 0.6 is 11.6 Å². The van der Waals surface area contributed by atoms with Crippen LogP contribution < -0.4 is 4.74 Å². The Hall–Kier alpha value is -1.59. The molecule has 6 heteroatoms. The molecule has 0 N–H and O–H groups in total. The van der Waals surface area contributed by atoms with E-state index in [1.807, 2.05) is 13.8 Å². The average Bonchev–Trinajstić information content (AvgIpc) is 2.39. The molecule has 20 heavy (non-hydrogen) atoms. The van der Waals surface area contributed by atoms with Crippen LogP contribution in [0.3, 0.4) is 0 Å². The highest BCUT2D eigenvalue weighted by molar-refractivity contribution is 6.30. The summed E-state index contributed by atoms with van der Waals surface area (Å²) in [4.78, 5) is 22.6. The third kappa shape index (κ3) is 7.11. The molecule has 0 heterocycles. The molecule has 1 rings (SSSR count). The molecule has 0 radical (unpaired) electrons. The van der Waals surface area contributed by atoms with Crippen molar-refractivity contribution in [2.24, 2.45) is 5.92 Å². The van der Waals surface area contributed by atoms with Gasteiger partial charge in [0, 0.05) is 5.02 Å². The molecule has 0 saturated carbocycles. The Balaban J connectivity index is 2.20. The lowest BCUT2D eigenvalue weighted by Gasteiger charge is -2.07. The number of carbonyl (C=O) groups excluding carboxylic acids is 2. The number of benzene rings is 1. The molecule has 0 aliphatic carbocycles. The van der Waals surface area contributed by atoms with Gasteiger partial charge >= 0.3 is 11.9 Å². The van der Waals surface area contributed by atoms with Crippen LogP contribution in [0, 0.1) is 5.92 Å². The van der Waals surface area contributed by atoms with Crippen molar-refractivity contribution in [2.45, 2.75) is 13.8 Å². The smallest absolute Gasteiger partial charge is 0.337 e. The number of hydrogen-bond acceptors (Lipinski definition) is 5. The van der Waals surface area contributed by atoms with E-state index in [2.05, 4.69) is 0 Å². The minimum Gasteiger partial charge on any atom is -0.464 e. The second kappa shape index (κ2) is 8.55. The Kier molecular flexibility index (Phi) is 7.04. The van der Waals surface area contributed by atoms with E-state index in [1.165, 1.54) is 0 Å². The van der Waals surface area contributed by atoms with Gasteiger partial charge in [0.15, 0.2) is 0 Å². The quantitative estimate of drug-likeness (QED) is 0.572. The van der Waals surface area contributed by atoms with Gasteiger partial charge in [-0.05, 0) is 30.2 Å². The molecule has 0 amide bonds. The zero-order chi connectivity index (χ0) is 15.0. The minimum atomic E-state index is -0.594. The van der Waals surface area contributed by atoms with Crippen molar-refractivity contribution < 1.29 is 23.8 Å². The fourth-order valence-corrected chi connectivity index (χ4v) is 1.31. The number of hydrogen-bond donors (Lipinski definition) is 0. The second-order valence-electron chi connectivity index (χ2n) is 4.50.